The second-order valence-corrected chi connectivity index (χ2v) is 4.42. The van der Waals surface area contributed by atoms with Gasteiger partial charge < -0.3 is 0 Å². The standard InChI is InChI=1S/C15H12ClN3O2/c16-12-6-2-1-5-11(12)8-9-14(20)18-19-15(21)13-7-3-4-10-17-13/h1-10H,(H,18,20)(H,19,21)/b9-8+. The maximum Gasteiger partial charge on any atom is 0.288 e. The average molecular weight is 302 g/mol. The first-order chi connectivity index (χ1) is 10.2. The molecular weight excluding hydrogens is 290 g/mol. The van der Waals surface area contributed by atoms with Crippen molar-refractivity contribution in [2.24, 2.45) is 0 Å². The van der Waals surface area contributed by atoms with E-state index in [4.69, 9.17) is 11.6 Å². The molecule has 21 heavy (non-hydrogen) atoms. The highest BCUT2D eigenvalue weighted by molar-refractivity contribution is 6.32. The van der Waals surface area contributed by atoms with E-state index in [9.17, 15) is 9.59 Å². The second kappa shape index (κ2) is 7.21. The molecule has 0 unspecified atom stereocenters. The molecule has 0 aliphatic rings. The van der Waals surface area contributed by atoms with Gasteiger partial charge in [0.25, 0.3) is 11.8 Å². The Kier molecular flexibility index (Phi) is 5.06. The summed E-state index contributed by atoms with van der Waals surface area (Å²) in [5, 5.41) is 0.541. The number of nitrogens with one attached hydrogen (secondary N) is 2. The van der Waals surface area contributed by atoms with E-state index in [1.165, 1.54) is 12.3 Å². The van der Waals surface area contributed by atoms with Crippen LogP contribution in [-0.4, -0.2) is 16.8 Å². The highest BCUT2D eigenvalue weighted by atomic mass is 35.5. The monoisotopic (exact) mass is 301 g/mol. The molecule has 1 aromatic carbocycles. The summed E-state index contributed by atoms with van der Waals surface area (Å²) >= 11 is 5.95. The summed E-state index contributed by atoms with van der Waals surface area (Å²) in [6.45, 7) is 0. The van der Waals surface area contributed by atoms with E-state index in [2.05, 4.69) is 15.8 Å². The van der Waals surface area contributed by atoms with E-state index >= 15 is 0 Å². The summed E-state index contributed by atoms with van der Waals surface area (Å²) in [6, 6.07) is 12.0. The van der Waals surface area contributed by atoms with Gasteiger partial charge in [-0.1, -0.05) is 35.9 Å². The molecule has 2 rings (SSSR count). The third-order valence-corrected chi connectivity index (χ3v) is 2.86. The summed E-state index contributed by atoms with van der Waals surface area (Å²) in [5.74, 6) is -0.964. The predicted octanol–water partition coefficient (Wildman–Crippen LogP) is 2.21. The Hall–Kier alpha value is -2.66. The van der Waals surface area contributed by atoms with Gasteiger partial charge >= 0.3 is 0 Å². The van der Waals surface area contributed by atoms with Crippen molar-refractivity contribution < 1.29 is 9.59 Å². The Labute approximate surface area is 126 Å². The second-order valence-electron chi connectivity index (χ2n) is 4.01. The zero-order valence-corrected chi connectivity index (χ0v) is 11.7. The van der Waals surface area contributed by atoms with Crippen LogP contribution in [0.2, 0.25) is 5.02 Å². The Bertz CT molecular complexity index is 672. The fourth-order valence-corrected chi connectivity index (χ4v) is 1.70. The van der Waals surface area contributed by atoms with Gasteiger partial charge in [-0.2, -0.15) is 0 Å². The Morgan fingerprint density at radius 1 is 1.05 bits per heavy atom. The SMILES string of the molecule is O=C(/C=C/c1ccccc1Cl)NNC(=O)c1ccccn1. The summed E-state index contributed by atoms with van der Waals surface area (Å²) in [6.07, 6.45) is 4.33. The van der Waals surface area contributed by atoms with Crippen molar-refractivity contribution >= 4 is 29.5 Å². The molecule has 0 radical (unpaired) electrons. The van der Waals surface area contributed by atoms with Crippen LogP contribution < -0.4 is 10.9 Å². The van der Waals surface area contributed by atoms with Crippen LogP contribution in [-0.2, 0) is 4.79 Å². The molecule has 0 aliphatic heterocycles. The third kappa shape index (κ3) is 4.43. The first kappa shape index (κ1) is 14.7. The number of amides is 2. The molecule has 0 aliphatic carbocycles. The number of carbonyl (C=O) groups excluding carboxylic acids is 2. The number of pyridine rings is 1. The normalized spacial score (nSPS) is 10.3. The summed E-state index contributed by atoms with van der Waals surface area (Å²) in [4.78, 5) is 27.1. The largest absolute Gasteiger partial charge is 0.288 e. The van der Waals surface area contributed by atoms with Crippen molar-refractivity contribution in [1.82, 2.24) is 15.8 Å². The Morgan fingerprint density at radius 3 is 2.52 bits per heavy atom. The van der Waals surface area contributed by atoms with Crippen LogP contribution in [0.4, 0.5) is 0 Å². The summed E-state index contributed by atoms with van der Waals surface area (Å²) in [7, 11) is 0. The zero-order valence-electron chi connectivity index (χ0n) is 10.9. The molecule has 0 fully saturated rings. The Morgan fingerprint density at radius 2 is 1.81 bits per heavy atom. The molecule has 0 spiro atoms. The van der Waals surface area contributed by atoms with E-state index < -0.39 is 11.8 Å². The van der Waals surface area contributed by atoms with Crippen molar-refractivity contribution in [2.75, 3.05) is 0 Å². The molecule has 0 atom stereocenters. The van der Waals surface area contributed by atoms with Gasteiger partial charge in [-0.05, 0) is 29.8 Å². The van der Waals surface area contributed by atoms with Crippen molar-refractivity contribution in [3.63, 3.8) is 0 Å². The topological polar surface area (TPSA) is 71.1 Å². The summed E-state index contributed by atoms with van der Waals surface area (Å²) < 4.78 is 0. The van der Waals surface area contributed by atoms with Gasteiger partial charge in [-0.25, -0.2) is 0 Å². The fraction of sp³-hybridized carbons (Fsp3) is 0. The van der Waals surface area contributed by atoms with Gasteiger partial charge in [0.05, 0.1) is 0 Å². The van der Waals surface area contributed by atoms with Crippen LogP contribution in [0.15, 0.2) is 54.7 Å². The van der Waals surface area contributed by atoms with Crippen LogP contribution >= 0.6 is 11.6 Å². The molecule has 0 saturated carbocycles. The maximum absolute atomic E-state index is 11.6. The number of hydrogen-bond donors (Lipinski definition) is 2. The van der Waals surface area contributed by atoms with Crippen molar-refractivity contribution in [3.8, 4) is 0 Å². The summed E-state index contributed by atoms with van der Waals surface area (Å²) in [5.41, 5.74) is 5.46. The molecular formula is C15H12ClN3O2. The number of halogens is 1. The first-order valence-electron chi connectivity index (χ1n) is 6.11. The number of nitrogens with zero attached hydrogens (tertiary/aromatic N) is 1. The lowest BCUT2D eigenvalue weighted by atomic mass is 10.2. The smallest absolute Gasteiger partial charge is 0.268 e. The van der Waals surface area contributed by atoms with Gasteiger partial charge in [0.1, 0.15) is 5.69 Å². The van der Waals surface area contributed by atoms with E-state index in [0.717, 1.165) is 0 Å². The molecule has 1 aromatic heterocycles. The molecule has 0 bridgehead atoms. The van der Waals surface area contributed by atoms with Gasteiger partial charge in [0.2, 0.25) is 0 Å². The van der Waals surface area contributed by atoms with E-state index in [1.54, 1.807) is 42.5 Å². The number of hydrogen-bond acceptors (Lipinski definition) is 3. The van der Waals surface area contributed by atoms with E-state index in [1.807, 2.05) is 6.07 Å². The van der Waals surface area contributed by atoms with Gasteiger partial charge in [-0.3, -0.25) is 25.4 Å². The number of hydrazine groups is 1. The van der Waals surface area contributed by atoms with Crippen LogP contribution in [0, 0.1) is 0 Å². The number of benzene rings is 1. The molecule has 0 saturated heterocycles. The van der Waals surface area contributed by atoms with Gasteiger partial charge in [0, 0.05) is 17.3 Å². The number of rotatable bonds is 3. The molecule has 1 heterocycles. The molecule has 106 valence electrons. The van der Waals surface area contributed by atoms with Gasteiger partial charge in [-0.15, -0.1) is 0 Å². The predicted molar refractivity (Wildman–Crippen MR) is 80.3 cm³/mol. The van der Waals surface area contributed by atoms with Crippen LogP contribution in [0.5, 0.6) is 0 Å². The van der Waals surface area contributed by atoms with Crippen molar-refractivity contribution in [3.05, 3.63) is 71.0 Å². The minimum Gasteiger partial charge on any atom is -0.268 e. The molecule has 2 aromatic rings. The molecule has 5 nitrogen and oxygen atoms in total. The minimum absolute atomic E-state index is 0.216. The number of aromatic nitrogens is 1. The molecule has 2 amide bonds. The molecule has 2 N–H and O–H groups in total. The fourth-order valence-electron chi connectivity index (χ4n) is 1.50. The van der Waals surface area contributed by atoms with Crippen LogP contribution in [0.3, 0.4) is 0 Å². The first-order valence-corrected chi connectivity index (χ1v) is 6.48. The van der Waals surface area contributed by atoms with Crippen molar-refractivity contribution in [2.45, 2.75) is 0 Å². The minimum atomic E-state index is -0.491. The molecule has 6 heteroatoms. The lowest BCUT2D eigenvalue weighted by molar-refractivity contribution is -0.117. The number of carbonyl (C=O) groups is 2. The lowest BCUT2D eigenvalue weighted by Gasteiger charge is -2.04. The zero-order chi connectivity index (χ0) is 15.1. The van der Waals surface area contributed by atoms with E-state index in [0.29, 0.717) is 10.6 Å². The van der Waals surface area contributed by atoms with Crippen LogP contribution in [0.1, 0.15) is 16.1 Å². The van der Waals surface area contributed by atoms with Gasteiger partial charge in [0.15, 0.2) is 0 Å². The maximum atomic E-state index is 11.6. The van der Waals surface area contributed by atoms with Crippen molar-refractivity contribution in [1.29, 1.82) is 0 Å². The average Bonchev–Trinajstić information content (AvgIpc) is 2.52. The lowest BCUT2D eigenvalue weighted by Crippen LogP contribution is -2.41. The van der Waals surface area contributed by atoms with Crippen LogP contribution in [0.25, 0.3) is 6.08 Å². The third-order valence-electron chi connectivity index (χ3n) is 2.52. The van der Waals surface area contributed by atoms with E-state index in [-0.39, 0.29) is 5.69 Å². The Balaban J connectivity index is 1.88. The highest BCUT2D eigenvalue weighted by Gasteiger charge is 2.06. The highest BCUT2D eigenvalue weighted by Crippen LogP contribution is 2.15. The quantitative estimate of drug-likeness (QED) is 0.674.